The van der Waals surface area contributed by atoms with Crippen molar-refractivity contribution in [3.8, 4) is 5.88 Å². The average Bonchev–Trinajstić information content (AvgIpc) is 2.63. The van der Waals surface area contributed by atoms with Crippen molar-refractivity contribution in [2.75, 3.05) is 38.6 Å². The highest BCUT2D eigenvalue weighted by molar-refractivity contribution is 5.90. The van der Waals surface area contributed by atoms with Gasteiger partial charge < -0.3 is 15.0 Å². The van der Waals surface area contributed by atoms with Gasteiger partial charge in [0.15, 0.2) is 0 Å². The molecule has 0 bridgehead atoms. The maximum Gasteiger partial charge on any atom is 0.322 e. The second-order valence-corrected chi connectivity index (χ2v) is 6.33. The minimum Gasteiger partial charge on any atom is -0.480 e. The molecule has 0 radical (unpaired) electrons. The molecule has 2 fully saturated rings. The first-order valence-electron chi connectivity index (χ1n) is 8.57. The molecule has 2 aliphatic heterocycles. The smallest absolute Gasteiger partial charge is 0.322 e. The van der Waals surface area contributed by atoms with Gasteiger partial charge in [0.2, 0.25) is 5.88 Å². The van der Waals surface area contributed by atoms with Crippen LogP contribution in [0, 0.1) is 0 Å². The molecule has 126 valence electrons. The van der Waals surface area contributed by atoms with Crippen molar-refractivity contribution >= 4 is 11.7 Å². The first kappa shape index (κ1) is 16.1. The number of likely N-dealkylation sites (tertiary alicyclic amines) is 2. The van der Waals surface area contributed by atoms with Gasteiger partial charge in [-0.25, -0.2) is 9.78 Å². The van der Waals surface area contributed by atoms with Crippen molar-refractivity contribution in [2.24, 2.45) is 0 Å². The fourth-order valence-electron chi connectivity index (χ4n) is 3.56. The van der Waals surface area contributed by atoms with E-state index >= 15 is 0 Å². The zero-order valence-corrected chi connectivity index (χ0v) is 13.8. The van der Waals surface area contributed by atoms with Gasteiger partial charge in [-0.05, 0) is 50.9 Å². The Kier molecular flexibility index (Phi) is 5.33. The van der Waals surface area contributed by atoms with Crippen LogP contribution in [0.4, 0.5) is 10.5 Å². The largest absolute Gasteiger partial charge is 0.480 e. The van der Waals surface area contributed by atoms with Gasteiger partial charge in [-0.2, -0.15) is 0 Å². The molecule has 1 aromatic heterocycles. The van der Waals surface area contributed by atoms with Crippen molar-refractivity contribution in [3.63, 3.8) is 0 Å². The Morgan fingerprint density at radius 3 is 2.87 bits per heavy atom. The number of urea groups is 1. The van der Waals surface area contributed by atoms with Gasteiger partial charge >= 0.3 is 6.03 Å². The lowest BCUT2D eigenvalue weighted by Gasteiger charge is -2.40. The number of anilines is 1. The fourth-order valence-corrected chi connectivity index (χ4v) is 3.56. The third-order valence-electron chi connectivity index (χ3n) is 4.80. The number of hydrogen-bond donors (Lipinski definition) is 1. The van der Waals surface area contributed by atoms with Crippen molar-refractivity contribution in [2.45, 2.75) is 38.1 Å². The molecule has 6 heteroatoms. The zero-order chi connectivity index (χ0) is 16.1. The van der Waals surface area contributed by atoms with E-state index in [2.05, 4.69) is 15.2 Å². The summed E-state index contributed by atoms with van der Waals surface area (Å²) in [4.78, 5) is 21.2. The van der Waals surface area contributed by atoms with E-state index in [1.54, 1.807) is 19.4 Å². The molecule has 1 N–H and O–H groups in total. The van der Waals surface area contributed by atoms with E-state index < -0.39 is 0 Å². The van der Waals surface area contributed by atoms with Crippen LogP contribution in [0.15, 0.2) is 18.3 Å². The van der Waals surface area contributed by atoms with Crippen LogP contribution in [0.5, 0.6) is 5.88 Å². The minimum atomic E-state index is -0.0574. The summed E-state index contributed by atoms with van der Waals surface area (Å²) in [6.45, 7) is 3.99. The summed E-state index contributed by atoms with van der Waals surface area (Å²) in [5.41, 5.74) is 0.625. The number of rotatable bonds is 3. The SMILES string of the molecule is COc1ncccc1NC(=O)N1CCCC(N2CCCCC2)C1. The summed E-state index contributed by atoms with van der Waals surface area (Å²) in [6, 6.07) is 4.06. The molecule has 6 nitrogen and oxygen atoms in total. The highest BCUT2D eigenvalue weighted by Crippen LogP contribution is 2.23. The molecule has 2 aliphatic rings. The molecule has 0 spiro atoms. The number of piperidine rings is 2. The standard InChI is InChI=1S/C17H26N4O2/c1-23-16-15(8-5-9-18-16)19-17(22)21-12-6-7-14(13-21)20-10-3-2-4-11-20/h5,8-9,14H,2-4,6-7,10-13H2,1H3,(H,19,22). The Morgan fingerprint density at radius 1 is 1.26 bits per heavy atom. The van der Waals surface area contributed by atoms with Crippen LogP contribution in [-0.4, -0.2) is 60.1 Å². The third-order valence-corrected chi connectivity index (χ3v) is 4.80. The van der Waals surface area contributed by atoms with Gasteiger partial charge in [0.1, 0.15) is 5.69 Å². The number of methoxy groups -OCH3 is 1. The predicted octanol–water partition coefficient (Wildman–Crippen LogP) is 2.57. The van der Waals surface area contributed by atoms with Gasteiger partial charge in [-0.15, -0.1) is 0 Å². The van der Waals surface area contributed by atoms with E-state index in [1.165, 1.54) is 38.8 Å². The zero-order valence-electron chi connectivity index (χ0n) is 13.8. The number of carbonyl (C=O) groups is 1. The van der Waals surface area contributed by atoms with Crippen molar-refractivity contribution in [1.82, 2.24) is 14.8 Å². The number of pyridine rings is 1. The van der Waals surface area contributed by atoms with Crippen molar-refractivity contribution in [3.05, 3.63) is 18.3 Å². The van der Waals surface area contributed by atoms with Gasteiger partial charge in [-0.1, -0.05) is 6.42 Å². The number of nitrogens with one attached hydrogen (secondary N) is 1. The normalized spacial score (nSPS) is 22.7. The molecule has 0 aromatic carbocycles. The summed E-state index contributed by atoms with van der Waals surface area (Å²) in [5, 5.41) is 2.94. The van der Waals surface area contributed by atoms with Crippen molar-refractivity contribution in [1.29, 1.82) is 0 Å². The van der Waals surface area contributed by atoms with Crippen LogP contribution in [0.25, 0.3) is 0 Å². The molecular formula is C17H26N4O2. The average molecular weight is 318 g/mol. The van der Waals surface area contributed by atoms with E-state index in [9.17, 15) is 4.79 Å². The monoisotopic (exact) mass is 318 g/mol. The Balaban J connectivity index is 1.60. The van der Waals surface area contributed by atoms with E-state index in [0.29, 0.717) is 17.6 Å². The third kappa shape index (κ3) is 3.93. The Labute approximate surface area is 137 Å². The molecule has 2 saturated heterocycles. The van der Waals surface area contributed by atoms with Gasteiger partial charge in [0, 0.05) is 25.3 Å². The lowest BCUT2D eigenvalue weighted by atomic mass is 10.0. The van der Waals surface area contributed by atoms with Gasteiger partial charge in [0.05, 0.1) is 7.11 Å². The van der Waals surface area contributed by atoms with Gasteiger partial charge in [-0.3, -0.25) is 4.90 Å². The quantitative estimate of drug-likeness (QED) is 0.930. The summed E-state index contributed by atoms with van der Waals surface area (Å²) in [7, 11) is 1.56. The Hall–Kier alpha value is -1.82. The first-order chi connectivity index (χ1) is 11.3. The van der Waals surface area contributed by atoms with Crippen LogP contribution >= 0.6 is 0 Å². The number of nitrogens with zero attached hydrogens (tertiary/aromatic N) is 3. The Morgan fingerprint density at radius 2 is 2.09 bits per heavy atom. The summed E-state index contributed by atoms with van der Waals surface area (Å²) in [5.74, 6) is 0.449. The molecular weight excluding hydrogens is 292 g/mol. The van der Waals surface area contributed by atoms with Crippen LogP contribution in [0.2, 0.25) is 0 Å². The topological polar surface area (TPSA) is 57.7 Å². The molecule has 3 rings (SSSR count). The van der Waals surface area contributed by atoms with E-state index in [0.717, 1.165) is 19.5 Å². The number of aromatic nitrogens is 1. The van der Waals surface area contributed by atoms with Crippen LogP contribution in [0.1, 0.15) is 32.1 Å². The van der Waals surface area contributed by atoms with Gasteiger partial charge in [0.25, 0.3) is 0 Å². The lowest BCUT2D eigenvalue weighted by molar-refractivity contribution is 0.0975. The molecule has 2 amide bonds. The summed E-state index contributed by atoms with van der Waals surface area (Å²) in [6.07, 6.45) is 7.83. The fraction of sp³-hybridized carbons (Fsp3) is 0.647. The minimum absolute atomic E-state index is 0.0574. The highest BCUT2D eigenvalue weighted by Gasteiger charge is 2.28. The highest BCUT2D eigenvalue weighted by atomic mass is 16.5. The predicted molar refractivity (Wildman–Crippen MR) is 89.8 cm³/mol. The molecule has 0 saturated carbocycles. The lowest BCUT2D eigenvalue weighted by Crippen LogP contribution is -2.52. The maximum atomic E-state index is 12.6. The Bertz CT molecular complexity index is 531. The van der Waals surface area contributed by atoms with Crippen LogP contribution < -0.4 is 10.1 Å². The maximum absolute atomic E-state index is 12.6. The van der Waals surface area contributed by atoms with E-state index in [1.807, 2.05) is 11.0 Å². The molecule has 1 atom stereocenters. The summed E-state index contributed by atoms with van der Waals surface area (Å²) < 4.78 is 5.20. The summed E-state index contributed by atoms with van der Waals surface area (Å²) >= 11 is 0. The molecule has 1 unspecified atom stereocenters. The number of carbonyl (C=O) groups excluding carboxylic acids is 1. The molecule has 3 heterocycles. The van der Waals surface area contributed by atoms with E-state index in [4.69, 9.17) is 4.74 Å². The number of ether oxygens (including phenoxy) is 1. The molecule has 1 aromatic rings. The number of amides is 2. The van der Waals surface area contributed by atoms with Crippen molar-refractivity contribution < 1.29 is 9.53 Å². The number of hydrogen-bond acceptors (Lipinski definition) is 4. The first-order valence-corrected chi connectivity index (χ1v) is 8.57. The van der Waals surface area contributed by atoms with Crippen LogP contribution in [0.3, 0.4) is 0 Å². The van der Waals surface area contributed by atoms with Crippen LogP contribution in [-0.2, 0) is 0 Å². The molecule has 23 heavy (non-hydrogen) atoms. The molecule has 0 aliphatic carbocycles. The van der Waals surface area contributed by atoms with E-state index in [-0.39, 0.29) is 6.03 Å². The second kappa shape index (κ2) is 7.64. The second-order valence-electron chi connectivity index (χ2n) is 6.33.